The largest absolute Gasteiger partial charge is 0.207 e. The molecule has 0 heterocycles. The highest BCUT2D eigenvalue weighted by Crippen LogP contribution is 2.31. The Labute approximate surface area is 119 Å². The number of alkyl halides is 1. The molecule has 2 unspecified atom stereocenters. The second kappa shape index (κ2) is 8.68. The molecule has 1 rings (SSSR count). The van der Waals surface area contributed by atoms with E-state index >= 15 is 0 Å². The van der Waals surface area contributed by atoms with Gasteiger partial charge in [-0.1, -0.05) is 73.7 Å². The van der Waals surface area contributed by atoms with E-state index < -0.39 is 0 Å². The molecular weight excluding hydrogens is 291 g/mol. The first-order chi connectivity index (χ1) is 8.72. The minimum atomic E-state index is -0.0627. The lowest BCUT2D eigenvalue weighted by Crippen LogP contribution is -2.10. The van der Waals surface area contributed by atoms with Crippen molar-refractivity contribution in [1.29, 1.82) is 0 Å². The van der Waals surface area contributed by atoms with Crippen LogP contribution in [-0.4, -0.2) is 5.33 Å². The molecule has 0 aliphatic heterocycles. The quantitative estimate of drug-likeness (QED) is 0.523. The van der Waals surface area contributed by atoms with E-state index in [4.69, 9.17) is 0 Å². The second-order valence-electron chi connectivity index (χ2n) is 5.02. The molecule has 2 heteroatoms. The number of hydrogen-bond acceptors (Lipinski definition) is 0. The molecule has 2 atom stereocenters. The fraction of sp³-hybridized carbons (Fsp3) is 0.625. The maximum Gasteiger partial charge on any atom is 0.126 e. The molecule has 102 valence electrons. The van der Waals surface area contributed by atoms with E-state index in [0.29, 0.717) is 11.8 Å². The smallest absolute Gasteiger partial charge is 0.126 e. The molecule has 0 spiro atoms. The average molecular weight is 315 g/mol. The van der Waals surface area contributed by atoms with Crippen molar-refractivity contribution >= 4 is 15.9 Å². The highest BCUT2D eigenvalue weighted by Gasteiger charge is 2.18. The summed E-state index contributed by atoms with van der Waals surface area (Å²) in [6, 6.07) is 7.19. The lowest BCUT2D eigenvalue weighted by atomic mass is 9.86. The van der Waals surface area contributed by atoms with Crippen LogP contribution in [0.2, 0.25) is 0 Å². The Bertz CT molecular complexity index is 338. The first-order valence-corrected chi connectivity index (χ1v) is 8.15. The van der Waals surface area contributed by atoms with Crippen molar-refractivity contribution in [1.82, 2.24) is 0 Å². The average Bonchev–Trinajstić information content (AvgIpc) is 2.40. The molecule has 1 aromatic carbocycles. The van der Waals surface area contributed by atoms with Gasteiger partial charge in [0.2, 0.25) is 0 Å². The fourth-order valence-electron chi connectivity index (χ4n) is 2.46. The first kappa shape index (κ1) is 15.7. The maximum absolute atomic E-state index is 13.8. The zero-order valence-electron chi connectivity index (χ0n) is 11.5. The molecule has 0 saturated heterocycles. The first-order valence-electron chi connectivity index (χ1n) is 7.03. The molecule has 0 saturated carbocycles. The SMILES string of the molecule is CCCCC(CC)CC(CBr)c1ccccc1F. The molecule has 0 fully saturated rings. The maximum atomic E-state index is 13.8. The van der Waals surface area contributed by atoms with E-state index in [1.165, 1.54) is 25.7 Å². The summed E-state index contributed by atoms with van der Waals surface area (Å²) < 4.78 is 13.8. The van der Waals surface area contributed by atoms with Gasteiger partial charge in [0, 0.05) is 5.33 Å². The summed E-state index contributed by atoms with van der Waals surface area (Å²) in [5.41, 5.74) is 0.865. The van der Waals surface area contributed by atoms with Gasteiger partial charge in [0.25, 0.3) is 0 Å². The van der Waals surface area contributed by atoms with Gasteiger partial charge in [0.1, 0.15) is 5.82 Å². The summed E-state index contributed by atoms with van der Waals surface area (Å²) in [6.07, 6.45) is 6.07. The number of benzene rings is 1. The predicted molar refractivity (Wildman–Crippen MR) is 80.9 cm³/mol. The van der Waals surface area contributed by atoms with Crippen LogP contribution < -0.4 is 0 Å². The van der Waals surface area contributed by atoms with Crippen LogP contribution in [0.5, 0.6) is 0 Å². The fourth-order valence-corrected chi connectivity index (χ4v) is 3.08. The van der Waals surface area contributed by atoms with E-state index in [0.717, 1.165) is 17.3 Å². The van der Waals surface area contributed by atoms with Gasteiger partial charge in [0.05, 0.1) is 0 Å². The van der Waals surface area contributed by atoms with Crippen LogP contribution in [0.3, 0.4) is 0 Å². The second-order valence-corrected chi connectivity index (χ2v) is 5.67. The number of rotatable bonds is 8. The molecular formula is C16H24BrF. The molecule has 0 amide bonds. The molecule has 0 nitrogen and oxygen atoms in total. The molecule has 1 aromatic rings. The van der Waals surface area contributed by atoms with Crippen LogP contribution in [0.1, 0.15) is 57.4 Å². The van der Waals surface area contributed by atoms with Gasteiger partial charge in [-0.25, -0.2) is 4.39 Å². The van der Waals surface area contributed by atoms with Crippen LogP contribution in [0.15, 0.2) is 24.3 Å². The van der Waals surface area contributed by atoms with Crippen LogP contribution >= 0.6 is 15.9 Å². The highest BCUT2D eigenvalue weighted by atomic mass is 79.9. The van der Waals surface area contributed by atoms with E-state index in [2.05, 4.69) is 29.8 Å². The van der Waals surface area contributed by atoms with Crippen molar-refractivity contribution in [2.75, 3.05) is 5.33 Å². The van der Waals surface area contributed by atoms with Gasteiger partial charge in [-0.05, 0) is 29.9 Å². The lowest BCUT2D eigenvalue weighted by Gasteiger charge is -2.22. The van der Waals surface area contributed by atoms with Gasteiger partial charge >= 0.3 is 0 Å². The standard InChI is InChI=1S/C16H24BrF/c1-3-5-8-13(4-2)11-14(12-17)15-9-6-7-10-16(15)18/h6-7,9-10,13-14H,3-5,8,11-12H2,1-2H3. The van der Waals surface area contributed by atoms with Crippen molar-refractivity contribution < 1.29 is 4.39 Å². The summed E-state index contributed by atoms with van der Waals surface area (Å²) >= 11 is 3.55. The number of hydrogen-bond donors (Lipinski definition) is 0. The minimum Gasteiger partial charge on any atom is -0.207 e. The van der Waals surface area contributed by atoms with E-state index in [1.54, 1.807) is 12.1 Å². The third kappa shape index (κ3) is 4.72. The van der Waals surface area contributed by atoms with Crippen molar-refractivity contribution in [3.8, 4) is 0 Å². The van der Waals surface area contributed by atoms with Crippen LogP contribution in [0, 0.1) is 11.7 Å². The van der Waals surface area contributed by atoms with Gasteiger partial charge in [-0.15, -0.1) is 0 Å². The molecule has 18 heavy (non-hydrogen) atoms. The van der Waals surface area contributed by atoms with Crippen LogP contribution in [0.25, 0.3) is 0 Å². The van der Waals surface area contributed by atoms with E-state index in [9.17, 15) is 4.39 Å². The highest BCUT2D eigenvalue weighted by molar-refractivity contribution is 9.09. The summed E-state index contributed by atoms with van der Waals surface area (Å²) in [7, 11) is 0. The topological polar surface area (TPSA) is 0 Å². The lowest BCUT2D eigenvalue weighted by molar-refractivity contribution is 0.392. The number of halogens is 2. The number of unbranched alkanes of at least 4 members (excludes halogenated alkanes) is 1. The van der Waals surface area contributed by atoms with Crippen molar-refractivity contribution in [2.45, 2.75) is 51.9 Å². The molecule has 0 aliphatic carbocycles. The van der Waals surface area contributed by atoms with Gasteiger partial charge in [-0.2, -0.15) is 0 Å². The van der Waals surface area contributed by atoms with Crippen molar-refractivity contribution in [3.05, 3.63) is 35.6 Å². The summed E-state index contributed by atoms with van der Waals surface area (Å²) in [6.45, 7) is 4.47. The zero-order valence-corrected chi connectivity index (χ0v) is 13.0. The van der Waals surface area contributed by atoms with E-state index in [-0.39, 0.29) is 5.82 Å². The molecule has 0 radical (unpaired) electrons. The molecule has 0 bridgehead atoms. The summed E-state index contributed by atoms with van der Waals surface area (Å²) in [5, 5.41) is 0.844. The normalized spacial score (nSPS) is 14.4. The van der Waals surface area contributed by atoms with Crippen LogP contribution in [0.4, 0.5) is 4.39 Å². The summed E-state index contributed by atoms with van der Waals surface area (Å²) in [4.78, 5) is 0. The van der Waals surface area contributed by atoms with Crippen molar-refractivity contribution in [3.63, 3.8) is 0 Å². The molecule has 0 N–H and O–H groups in total. The Kier molecular flexibility index (Phi) is 7.57. The minimum absolute atomic E-state index is 0.0627. The van der Waals surface area contributed by atoms with Gasteiger partial charge in [0.15, 0.2) is 0 Å². The zero-order chi connectivity index (χ0) is 13.4. The Morgan fingerprint density at radius 3 is 2.50 bits per heavy atom. The monoisotopic (exact) mass is 314 g/mol. The Morgan fingerprint density at radius 1 is 1.22 bits per heavy atom. The van der Waals surface area contributed by atoms with Gasteiger partial charge in [-0.3, -0.25) is 0 Å². The summed E-state index contributed by atoms with van der Waals surface area (Å²) in [5.74, 6) is 0.951. The predicted octanol–water partition coefficient (Wildman–Crippen LogP) is 5.91. The third-order valence-electron chi connectivity index (χ3n) is 3.69. The van der Waals surface area contributed by atoms with Gasteiger partial charge < -0.3 is 0 Å². The third-order valence-corrected chi connectivity index (χ3v) is 4.47. The van der Waals surface area contributed by atoms with Crippen molar-refractivity contribution in [2.24, 2.45) is 5.92 Å². The Hall–Kier alpha value is -0.370. The van der Waals surface area contributed by atoms with Crippen LogP contribution in [-0.2, 0) is 0 Å². The molecule has 0 aromatic heterocycles. The molecule has 0 aliphatic rings. The Morgan fingerprint density at radius 2 is 1.94 bits per heavy atom. The Balaban J connectivity index is 2.68. The van der Waals surface area contributed by atoms with E-state index in [1.807, 2.05) is 12.1 Å².